The summed E-state index contributed by atoms with van der Waals surface area (Å²) in [6.07, 6.45) is 0. The average molecular weight is 361 g/mol. The molecular weight excluding hydrogens is 338 g/mol. The average Bonchev–Trinajstić information content (AvgIpc) is 2.89. The highest BCUT2D eigenvalue weighted by molar-refractivity contribution is 8.00. The minimum Gasteiger partial charge on any atom is -0.494 e. The van der Waals surface area contributed by atoms with Crippen molar-refractivity contribution in [1.82, 2.24) is 4.98 Å². The summed E-state index contributed by atoms with van der Waals surface area (Å²) in [6, 6.07) is 7.65. The van der Waals surface area contributed by atoms with Crippen LogP contribution < -0.4 is 4.74 Å². The Morgan fingerprint density at radius 1 is 1.08 bits per heavy atom. The van der Waals surface area contributed by atoms with Crippen LogP contribution in [0.4, 0.5) is 0 Å². The number of hydrogen-bond donors (Lipinski definition) is 1. The standard InChI is InChI=1S/C19H23NO4S/c1-5-23-14-7-9-15(10-8-14)25-11-16(21)17-12(3)18(20-13(17)4)19(22)24-6-2/h7-10,20H,5-6,11H2,1-4H3. The fourth-order valence-electron chi connectivity index (χ4n) is 2.60. The number of nitrogens with one attached hydrogen (secondary N) is 1. The second-order valence-corrected chi connectivity index (χ2v) is 6.51. The molecule has 0 fully saturated rings. The van der Waals surface area contributed by atoms with Crippen molar-refractivity contribution >= 4 is 23.5 Å². The van der Waals surface area contributed by atoms with Gasteiger partial charge in [-0.1, -0.05) is 0 Å². The van der Waals surface area contributed by atoms with Crippen molar-refractivity contribution in [2.24, 2.45) is 0 Å². The number of aromatic amines is 1. The number of ether oxygens (including phenoxy) is 2. The Labute approximate surface area is 152 Å². The summed E-state index contributed by atoms with van der Waals surface area (Å²) in [5.74, 6) is 0.673. The Kier molecular flexibility index (Phi) is 6.70. The van der Waals surface area contributed by atoms with Crippen LogP contribution in [0.5, 0.6) is 5.75 Å². The summed E-state index contributed by atoms with van der Waals surface area (Å²) in [6.45, 7) is 8.18. The van der Waals surface area contributed by atoms with Gasteiger partial charge in [-0.3, -0.25) is 4.79 Å². The van der Waals surface area contributed by atoms with Crippen LogP contribution in [0.25, 0.3) is 0 Å². The number of esters is 1. The molecule has 5 nitrogen and oxygen atoms in total. The van der Waals surface area contributed by atoms with Gasteiger partial charge < -0.3 is 14.5 Å². The Hall–Kier alpha value is -2.21. The molecule has 0 saturated heterocycles. The molecule has 2 rings (SSSR count). The molecule has 0 saturated carbocycles. The highest BCUT2D eigenvalue weighted by Gasteiger charge is 2.22. The van der Waals surface area contributed by atoms with Crippen LogP contribution in [0, 0.1) is 13.8 Å². The Morgan fingerprint density at radius 2 is 1.76 bits per heavy atom. The van der Waals surface area contributed by atoms with Crippen LogP contribution in [0.15, 0.2) is 29.2 Å². The number of carbonyl (C=O) groups excluding carboxylic acids is 2. The van der Waals surface area contributed by atoms with Gasteiger partial charge in [0, 0.05) is 16.2 Å². The molecule has 0 aliphatic carbocycles. The number of H-pyrrole nitrogens is 1. The van der Waals surface area contributed by atoms with Crippen molar-refractivity contribution in [1.29, 1.82) is 0 Å². The van der Waals surface area contributed by atoms with Gasteiger partial charge in [0.05, 0.1) is 19.0 Å². The van der Waals surface area contributed by atoms with Gasteiger partial charge in [-0.15, -0.1) is 11.8 Å². The van der Waals surface area contributed by atoms with Gasteiger partial charge in [-0.2, -0.15) is 0 Å². The molecule has 0 atom stereocenters. The SMILES string of the molecule is CCOC(=O)c1[nH]c(C)c(C(=O)CSc2ccc(OCC)cc2)c1C. The first-order valence-corrected chi connectivity index (χ1v) is 9.21. The molecular formula is C19H23NO4S. The smallest absolute Gasteiger partial charge is 0.355 e. The van der Waals surface area contributed by atoms with Gasteiger partial charge >= 0.3 is 5.97 Å². The van der Waals surface area contributed by atoms with Crippen molar-refractivity contribution in [2.45, 2.75) is 32.6 Å². The highest BCUT2D eigenvalue weighted by atomic mass is 32.2. The molecule has 0 bridgehead atoms. The van der Waals surface area contributed by atoms with Gasteiger partial charge in [0.2, 0.25) is 0 Å². The number of Topliss-reactive ketones (excluding diaryl/α,β-unsaturated/α-hetero) is 1. The first-order chi connectivity index (χ1) is 12.0. The molecule has 0 unspecified atom stereocenters. The lowest BCUT2D eigenvalue weighted by molar-refractivity contribution is 0.0519. The van der Waals surface area contributed by atoms with Crippen LogP contribution in [-0.4, -0.2) is 35.7 Å². The number of aromatic nitrogens is 1. The number of ketones is 1. The Morgan fingerprint density at radius 3 is 2.36 bits per heavy atom. The van der Waals surface area contributed by atoms with Gasteiger partial charge in [-0.25, -0.2) is 4.79 Å². The van der Waals surface area contributed by atoms with E-state index in [1.807, 2.05) is 31.2 Å². The third-order valence-electron chi connectivity index (χ3n) is 3.70. The maximum absolute atomic E-state index is 12.6. The van der Waals surface area contributed by atoms with E-state index in [0.29, 0.717) is 41.5 Å². The van der Waals surface area contributed by atoms with Gasteiger partial charge in [0.25, 0.3) is 0 Å². The van der Waals surface area contributed by atoms with Crippen LogP contribution in [0.2, 0.25) is 0 Å². The molecule has 0 spiro atoms. The summed E-state index contributed by atoms with van der Waals surface area (Å²) in [7, 11) is 0. The zero-order valence-corrected chi connectivity index (χ0v) is 15.8. The van der Waals surface area contributed by atoms with Crippen molar-refractivity contribution in [3.05, 3.63) is 46.8 Å². The lowest BCUT2D eigenvalue weighted by Crippen LogP contribution is -2.08. The number of hydrogen-bond acceptors (Lipinski definition) is 5. The van der Waals surface area contributed by atoms with Crippen molar-refractivity contribution in [3.63, 3.8) is 0 Å². The van der Waals surface area contributed by atoms with Crippen LogP contribution in [-0.2, 0) is 4.74 Å². The summed E-state index contributed by atoms with van der Waals surface area (Å²) in [5.41, 5.74) is 2.27. The summed E-state index contributed by atoms with van der Waals surface area (Å²) >= 11 is 1.46. The van der Waals surface area contributed by atoms with E-state index in [1.165, 1.54) is 11.8 Å². The summed E-state index contributed by atoms with van der Waals surface area (Å²) < 4.78 is 10.4. The predicted molar refractivity (Wildman–Crippen MR) is 98.9 cm³/mol. The minimum absolute atomic E-state index is 0.0133. The minimum atomic E-state index is -0.429. The fourth-order valence-corrected chi connectivity index (χ4v) is 3.37. The molecule has 1 aromatic carbocycles. The predicted octanol–water partition coefficient (Wildman–Crippen LogP) is 4.18. The van der Waals surface area contributed by atoms with Crippen LogP contribution >= 0.6 is 11.8 Å². The molecule has 25 heavy (non-hydrogen) atoms. The Balaban J connectivity index is 2.07. The molecule has 2 aromatic rings. The topological polar surface area (TPSA) is 68.4 Å². The van der Waals surface area contributed by atoms with E-state index in [2.05, 4.69) is 4.98 Å². The van der Waals surface area contributed by atoms with Crippen LogP contribution in [0.1, 0.15) is 46.0 Å². The zero-order valence-electron chi connectivity index (χ0n) is 15.0. The maximum atomic E-state index is 12.6. The first kappa shape index (κ1) is 19.1. The number of benzene rings is 1. The summed E-state index contributed by atoms with van der Waals surface area (Å²) in [5, 5.41) is 0. The molecule has 0 amide bonds. The third-order valence-corrected chi connectivity index (χ3v) is 4.71. The second kappa shape index (κ2) is 8.76. The third kappa shape index (κ3) is 4.66. The molecule has 1 N–H and O–H groups in total. The second-order valence-electron chi connectivity index (χ2n) is 5.46. The molecule has 134 valence electrons. The van der Waals surface area contributed by atoms with Gasteiger partial charge in [-0.05, 0) is 57.5 Å². The van der Waals surface area contributed by atoms with Crippen LogP contribution in [0.3, 0.4) is 0 Å². The van der Waals surface area contributed by atoms with E-state index in [9.17, 15) is 9.59 Å². The molecule has 0 aliphatic heterocycles. The highest BCUT2D eigenvalue weighted by Crippen LogP contribution is 2.25. The van der Waals surface area contributed by atoms with E-state index in [1.54, 1.807) is 20.8 Å². The fraction of sp³-hybridized carbons (Fsp3) is 0.368. The normalized spacial score (nSPS) is 10.6. The quantitative estimate of drug-likeness (QED) is 0.434. The largest absolute Gasteiger partial charge is 0.494 e. The number of rotatable bonds is 8. The zero-order chi connectivity index (χ0) is 18.4. The molecule has 6 heteroatoms. The summed E-state index contributed by atoms with van der Waals surface area (Å²) in [4.78, 5) is 28.5. The van der Waals surface area contributed by atoms with E-state index in [-0.39, 0.29) is 5.78 Å². The van der Waals surface area contributed by atoms with E-state index in [4.69, 9.17) is 9.47 Å². The van der Waals surface area contributed by atoms with Crippen molar-refractivity contribution in [2.75, 3.05) is 19.0 Å². The van der Waals surface area contributed by atoms with Crippen molar-refractivity contribution < 1.29 is 19.1 Å². The molecule has 1 heterocycles. The van der Waals surface area contributed by atoms with E-state index >= 15 is 0 Å². The number of carbonyl (C=O) groups is 2. The van der Waals surface area contributed by atoms with Gasteiger partial charge in [0.1, 0.15) is 11.4 Å². The monoisotopic (exact) mass is 361 g/mol. The van der Waals surface area contributed by atoms with E-state index in [0.717, 1.165) is 10.6 Å². The maximum Gasteiger partial charge on any atom is 0.355 e. The number of aryl methyl sites for hydroxylation is 1. The number of thioether (sulfide) groups is 1. The molecule has 0 aliphatic rings. The Bertz CT molecular complexity index is 750. The molecule has 1 aromatic heterocycles. The lowest BCUT2D eigenvalue weighted by atomic mass is 10.1. The van der Waals surface area contributed by atoms with Gasteiger partial charge in [0.15, 0.2) is 5.78 Å². The first-order valence-electron chi connectivity index (χ1n) is 8.23. The lowest BCUT2D eigenvalue weighted by Gasteiger charge is -2.05. The van der Waals surface area contributed by atoms with E-state index < -0.39 is 5.97 Å². The molecule has 0 radical (unpaired) electrons. The van der Waals surface area contributed by atoms with Crippen molar-refractivity contribution in [3.8, 4) is 5.75 Å².